The maximum absolute atomic E-state index is 13.9. The molecular weight excluding hydrogens is 558 g/mol. The van der Waals surface area contributed by atoms with E-state index in [0.717, 1.165) is 12.1 Å². The minimum Gasteiger partial charge on any atom is -0.481 e. The molecule has 0 spiro atoms. The van der Waals surface area contributed by atoms with Crippen molar-refractivity contribution in [3.8, 4) is 17.1 Å². The van der Waals surface area contributed by atoms with Crippen LogP contribution in [0.4, 0.5) is 13.2 Å². The number of amides is 1. The van der Waals surface area contributed by atoms with Crippen LogP contribution in [0.5, 0.6) is 5.88 Å². The fourth-order valence-corrected chi connectivity index (χ4v) is 4.66. The number of halogens is 5. The lowest BCUT2D eigenvalue weighted by Gasteiger charge is -2.19. The van der Waals surface area contributed by atoms with E-state index in [2.05, 4.69) is 15.3 Å². The zero-order valence-corrected chi connectivity index (χ0v) is 22.0. The van der Waals surface area contributed by atoms with Gasteiger partial charge in [0.1, 0.15) is 6.04 Å². The van der Waals surface area contributed by atoms with Crippen LogP contribution >= 0.6 is 23.2 Å². The minimum absolute atomic E-state index is 0.00198. The molecule has 0 saturated carbocycles. The molecule has 4 aromatic rings. The molecule has 0 fully saturated rings. The highest BCUT2D eigenvalue weighted by atomic mass is 35.5. The van der Waals surface area contributed by atoms with E-state index in [-0.39, 0.29) is 44.7 Å². The van der Waals surface area contributed by atoms with Gasteiger partial charge in [-0.1, -0.05) is 47.5 Å². The minimum atomic E-state index is -4.69. The van der Waals surface area contributed by atoms with E-state index in [1.165, 1.54) is 38.6 Å². The molecule has 2 heterocycles. The van der Waals surface area contributed by atoms with Gasteiger partial charge >= 0.3 is 12.1 Å². The highest BCUT2D eigenvalue weighted by Crippen LogP contribution is 2.39. The molecule has 0 unspecified atom stereocenters. The molecule has 39 heavy (non-hydrogen) atoms. The fraction of sp³-hybridized carbons (Fsp3) is 0.185. The van der Waals surface area contributed by atoms with Crippen LogP contribution in [0, 0.1) is 0 Å². The standard InChI is InChI=1S/C27H20Cl2F3N3O4/c1-38-21-11-10-17(27(30,31)32)24(35-21)16-9-8-14(15-5-4-12-33-23(15)16)13-20(26(37)39-2)34-25(36)22-18(28)6-3-7-19(22)29/h3-12,20H,13H2,1-2H3,(H,34,36)/t20-/m0/s1. The molecule has 1 atom stereocenters. The van der Waals surface area contributed by atoms with Crippen LogP contribution in [0.1, 0.15) is 21.5 Å². The summed E-state index contributed by atoms with van der Waals surface area (Å²) >= 11 is 12.3. The number of hydrogen-bond acceptors (Lipinski definition) is 6. The first-order valence-electron chi connectivity index (χ1n) is 11.4. The average molecular weight is 578 g/mol. The van der Waals surface area contributed by atoms with Crippen molar-refractivity contribution in [2.24, 2.45) is 0 Å². The molecule has 0 aliphatic rings. The monoisotopic (exact) mass is 577 g/mol. The zero-order chi connectivity index (χ0) is 28.3. The van der Waals surface area contributed by atoms with Crippen molar-refractivity contribution >= 4 is 46.0 Å². The van der Waals surface area contributed by atoms with Gasteiger partial charge in [-0.25, -0.2) is 9.78 Å². The molecule has 4 rings (SSSR count). The Kier molecular flexibility index (Phi) is 8.27. The third kappa shape index (κ3) is 5.91. The van der Waals surface area contributed by atoms with Gasteiger partial charge in [-0.2, -0.15) is 13.2 Å². The Bertz CT molecular complexity index is 1540. The lowest BCUT2D eigenvalue weighted by molar-refractivity contribution is -0.142. The summed E-state index contributed by atoms with van der Waals surface area (Å²) in [7, 11) is 2.47. The van der Waals surface area contributed by atoms with Crippen LogP contribution in [0.3, 0.4) is 0 Å². The maximum atomic E-state index is 13.9. The number of pyridine rings is 2. The van der Waals surface area contributed by atoms with E-state index in [4.69, 9.17) is 32.7 Å². The molecule has 12 heteroatoms. The normalized spacial score (nSPS) is 12.2. The number of alkyl halides is 3. The van der Waals surface area contributed by atoms with Gasteiger partial charge in [0.15, 0.2) is 0 Å². The number of benzene rings is 2. The second-order valence-electron chi connectivity index (χ2n) is 8.27. The number of nitrogens with one attached hydrogen (secondary N) is 1. The Hall–Kier alpha value is -3.89. The summed E-state index contributed by atoms with van der Waals surface area (Å²) in [5, 5.41) is 3.22. The number of rotatable bonds is 7. The molecule has 7 nitrogen and oxygen atoms in total. The number of carbonyl (C=O) groups excluding carboxylic acids is 2. The van der Waals surface area contributed by atoms with Crippen molar-refractivity contribution in [3.05, 3.63) is 87.5 Å². The predicted molar refractivity (Wildman–Crippen MR) is 140 cm³/mol. The van der Waals surface area contributed by atoms with E-state index in [0.29, 0.717) is 10.9 Å². The second-order valence-corrected chi connectivity index (χ2v) is 9.08. The highest BCUT2D eigenvalue weighted by Gasteiger charge is 2.35. The summed E-state index contributed by atoms with van der Waals surface area (Å²) in [6, 6.07) is 11.6. The lowest BCUT2D eigenvalue weighted by atomic mass is 9.95. The lowest BCUT2D eigenvalue weighted by Crippen LogP contribution is -2.43. The van der Waals surface area contributed by atoms with Crippen LogP contribution in [0.2, 0.25) is 10.0 Å². The van der Waals surface area contributed by atoms with Crippen molar-refractivity contribution in [3.63, 3.8) is 0 Å². The summed E-state index contributed by atoms with van der Waals surface area (Å²) in [5.74, 6) is -1.45. The van der Waals surface area contributed by atoms with Gasteiger partial charge < -0.3 is 14.8 Å². The number of nitrogens with zero attached hydrogens (tertiary/aromatic N) is 2. The number of esters is 1. The zero-order valence-electron chi connectivity index (χ0n) is 20.5. The molecular formula is C27H20Cl2F3N3O4. The summed E-state index contributed by atoms with van der Waals surface area (Å²) in [6.07, 6.45) is -3.32. The van der Waals surface area contributed by atoms with Crippen LogP contribution in [0.15, 0.2) is 60.8 Å². The van der Waals surface area contributed by atoms with E-state index < -0.39 is 29.7 Å². The number of ether oxygens (including phenoxy) is 2. The predicted octanol–water partition coefficient (Wildman–Crippen LogP) is 6.15. The van der Waals surface area contributed by atoms with Crippen molar-refractivity contribution in [2.45, 2.75) is 18.6 Å². The first-order chi connectivity index (χ1) is 18.5. The van der Waals surface area contributed by atoms with E-state index in [1.54, 1.807) is 24.3 Å². The number of fused-ring (bicyclic) bond motifs is 1. The third-order valence-corrected chi connectivity index (χ3v) is 6.53. The largest absolute Gasteiger partial charge is 0.481 e. The van der Waals surface area contributed by atoms with Gasteiger partial charge in [-0.15, -0.1) is 0 Å². The molecule has 1 amide bonds. The molecule has 202 valence electrons. The van der Waals surface area contributed by atoms with Crippen molar-refractivity contribution in [1.82, 2.24) is 15.3 Å². The van der Waals surface area contributed by atoms with Crippen LogP contribution in [0.25, 0.3) is 22.2 Å². The summed E-state index contributed by atoms with van der Waals surface area (Å²) in [5.41, 5.74) is -0.491. The second kappa shape index (κ2) is 11.5. The van der Waals surface area contributed by atoms with Crippen LogP contribution in [-0.4, -0.2) is 42.1 Å². The number of methoxy groups -OCH3 is 2. The molecule has 0 saturated heterocycles. The molecule has 0 aliphatic heterocycles. The van der Waals surface area contributed by atoms with Gasteiger partial charge in [0.25, 0.3) is 5.91 Å². The number of carbonyl (C=O) groups is 2. The number of hydrogen-bond donors (Lipinski definition) is 1. The fourth-order valence-electron chi connectivity index (χ4n) is 4.09. The Morgan fingerprint density at radius 3 is 2.36 bits per heavy atom. The average Bonchev–Trinajstić information content (AvgIpc) is 2.91. The molecule has 2 aromatic carbocycles. The molecule has 2 aromatic heterocycles. The molecule has 0 radical (unpaired) electrons. The van der Waals surface area contributed by atoms with Crippen LogP contribution < -0.4 is 10.1 Å². The topological polar surface area (TPSA) is 90.4 Å². The SMILES string of the molecule is COC(=O)[C@H](Cc1ccc(-c2nc(OC)ccc2C(F)(F)F)c2ncccc12)NC(=O)c1c(Cl)cccc1Cl. The first kappa shape index (κ1) is 28.1. The smallest absolute Gasteiger partial charge is 0.418 e. The van der Waals surface area contributed by atoms with E-state index in [9.17, 15) is 22.8 Å². The third-order valence-electron chi connectivity index (χ3n) is 5.90. The summed E-state index contributed by atoms with van der Waals surface area (Å²) < 4.78 is 51.5. The van der Waals surface area contributed by atoms with Crippen molar-refractivity contribution < 1.29 is 32.2 Å². The van der Waals surface area contributed by atoms with Gasteiger partial charge in [-0.3, -0.25) is 9.78 Å². The van der Waals surface area contributed by atoms with Gasteiger partial charge in [0.05, 0.1) is 46.6 Å². The Morgan fingerprint density at radius 2 is 1.72 bits per heavy atom. The molecule has 0 bridgehead atoms. The van der Waals surface area contributed by atoms with Gasteiger partial charge in [0, 0.05) is 29.6 Å². The molecule has 0 aliphatic carbocycles. The van der Waals surface area contributed by atoms with Crippen LogP contribution in [-0.2, 0) is 22.1 Å². The van der Waals surface area contributed by atoms with E-state index >= 15 is 0 Å². The Labute approximate surface area is 230 Å². The van der Waals surface area contributed by atoms with E-state index in [1.807, 2.05) is 0 Å². The first-order valence-corrected chi connectivity index (χ1v) is 12.1. The quantitative estimate of drug-likeness (QED) is 0.265. The molecule has 1 N–H and O–H groups in total. The van der Waals surface area contributed by atoms with Gasteiger partial charge in [0.2, 0.25) is 5.88 Å². The number of aromatic nitrogens is 2. The summed E-state index contributed by atoms with van der Waals surface area (Å²) in [4.78, 5) is 34.0. The van der Waals surface area contributed by atoms with Crippen molar-refractivity contribution in [2.75, 3.05) is 14.2 Å². The highest BCUT2D eigenvalue weighted by molar-refractivity contribution is 6.39. The van der Waals surface area contributed by atoms with Crippen molar-refractivity contribution in [1.29, 1.82) is 0 Å². The van der Waals surface area contributed by atoms with Gasteiger partial charge in [-0.05, 0) is 29.8 Å². The Balaban J connectivity index is 1.78. The maximum Gasteiger partial charge on any atom is 0.418 e. The Morgan fingerprint density at radius 1 is 1.00 bits per heavy atom. The summed E-state index contributed by atoms with van der Waals surface area (Å²) in [6.45, 7) is 0.